The first kappa shape index (κ1) is 12.7. The summed E-state index contributed by atoms with van der Waals surface area (Å²) < 4.78 is 0. The largest absolute Gasteiger partial charge is 0.392 e. The first-order valence-electron chi connectivity index (χ1n) is 5.63. The Kier molecular flexibility index (Phi) is 9.56. The zero-order valence-corrected chi connectivity index (χ0v) is 9.18. The van der Waals surface area contributed by atoms with Crippen molar-refractivity contribution in [2.45, 2.75) is 58.8 Å². The fourth-order valence-electron chi connectivity index (χ4n) is 1.51. The lowest BCUT2D eigenvalue weighted by Gasteiger charge is -2.03. The predicted molar refractivity (Wildman–Crippen MR) is 58.8 cm³/mol. The highest BCUT2D eigenvalue weighted by Crippen LogP contribution is 2.13. The van der Waals surface area contributed by atoms with Gasteiger partial charge in [0.1, 0.15) is 0 Å². The number of aliphatic hydroxyl groups excluding tert-OH is 1. The molecule has 78 valence electrons. The topological polar surface area (TPSA) is 20.2 Å². The van der Waals surface area contributed by atoms with Crippen molar-refractivity contribution >= 4 is 0 Å². The summed E-state index contributed by atoms with van der Waals surface area (Å²) >= 11 is 0. The normalized spacial score (nSPS) is 12.1. The van der Waals surface area contributed by atoms with Crippen molar-refractivity contribution in [3.05, 3.63) is 11.6 Å². The molecule has 0 saturated heterocycles. The fraction of sp³-hybridized carbons (Fsp3) is 0.833. The minimum absolute atomic E-state index is 0.206. The van der Waals surface area contributed by atoms with Crippen molar-refractivity contribution in [1.29, 1.82) is 0 Å². The number of allylic oxidation sites excluding steroid dienone is 1. The Bertz CT molecular complexity index is 127. The SMILES string of the molecule is CCCCCCCC(=CCO)CC. The van der Waals surface area contributed by atoms with Crippen molar-refractivity contribution < 1.29 is 5.11 Å². The van der Waals surface area contributed by atoms with Crippen LogP contribution in [0.25, 0.3) is 0 Å². The maximum Gasteiger partial charge on any atom is 0.0615 e. The molecule has 0 bridgehead atoms. The Labute approximate surface area is 82.9 Å². The van der Waals surface area contributed by atoms with Gasteiger partial charge >= 0.3 is 0 Å². The molecule has 1 heteroatoms. The van der Waals surface area contributed by atoms with Gasteiger partial charge in [0.15, 0.2) is 0 Å². The third-order valence-electron chi connectivity index (χ3n) is 2.44. The van der Waals surface area contributed by atoms with Crippen molar-refractivity contribution in [3.8, 4) is 0 Å². The molecule has 0 saturated carbocycles. The lowest BCUT2D eigenvalue weighted by atomic mass is 10.0. The van der Waals surface area contributed by atoms with E-state index < -0.39 is 0 Å². The summed E-state index contributed by atoms with van der Waals surface area (Å²) in [5, 5.41) is 8.73. The third-order valence-corrected chi connectivity index (χ3v) is 2.44. The molecule has 0 aromatic rings. The molecule has 0 fully saturated rings. The molecule has 0 atom stereocenters. The summed E-state index contributed by atoms with van der Waals surface area (Å²) in [6.07, 6.45) is 10.9. The van der Waals surface area contributed by atoms with Crippen LogP contribution in [0.2, 0.25) is 0 Å². The first-order valence-corrected chi connectivity index (χ1v) is 5.63. The minimum atomic E-state index is 0.206. The summed E-state index contributed by atoms with van der Waals surface area (Å²) in [6.45, 7) is 4.61. The van der Waals surface area contributed by atoms with Crippen molar-refractivity contribution in [2.75, 3.05) is 6.61 Å². The second kappa shape index (κ2) is 9.79. The van der Waals surface area contributed by atoms with Gasteiger partial charge in [-0.15, -0.1) is 0 Å². The average Bonchev–Trinajstić information content (AvgIpc) is 2.16. The standard InChI is InChI=1S/C12H24O/c1-3-5-6-7-8-9-12(4-2)10-11-13/h10,13H,3-9,11H2,1-2H3. The summed E-state index contributed by atoms with van der Waals surface area (Å²) in [4.78, 5) is 0. The summed E-state index contributed by atoms with van der Waals surface area (Å²) in [6, 6.07) is 0. The van der Waals surface area contributed by atoms with Gasteiger partial charge in [0.2, 0.25) is 0 Å². The second-order valence-corrected chi connectivity index (χ2v) is 3.56. The molecule has 0 heterocycles. The predicted octanol–water partition coefficient (Wildman–Crippen LogP) is 3.68. The summed E-state index contributed by atoms with van der Waals surface area (Å²) in [5.41, 5.74) is 1.42. The molecule has 1 N–H and O–H groups in total. The molecule has 0 spiro atoms. The monoisotopic (exact) mass is 184 g/mol. The highest BCUT2D eigenvalue weighted by Gasteiger charge is 1.94. The van der Waals surface area contributed by atoms with E-state index in [1.807, 2.05) is 6.08 Å². The Morgan fingerprint density at radius 3 is 2.31 bits per heavy atom. The van der Waals surface area contributed by atoms with Gasteiger partial charge in [-0.3, -0.25) is 0 Å². The Balaban J connectivity index is 3.33. The second-order valence-electron chi connectivity index (χ2n) is 3.56. The maximum atomic E-state index is 8.73. The van der Waals surface area contributed by atoms with Crippen LogP contribution in [0.1, 0.15) is 58.8 Å². The van der Waals surface area contributed by atoms with Crippen LogP contribution in [-0.2, 0) is 0 Å². The van der Waals surface area contributed by atoms with Gasteiger partial charge in [0, 0.05) is 0 Å². The van der Waals surface area contributed by atoms with Crippen LogP contribution < -0.4 is 0 Å². The smallest absolute Gasteiger partial charge is 0.0615 e. The van der Waals surface area contributed by atoms with Gasteiger partial charge in [-0.2, -0.15) is 0 Å². The summed E-state index contributed by atoms with van der Waals surface area (Å²) in [5.74, 6) is 0. The molecule has 0 aliphatic heterocycles. The fourth-order valence-corrected chi connectivity index (χ4v) is 1.51. The number of hydrogen-bond donors (Lipinski definition) is 1. The molecule has 1 nitrogen and oxygen atoms in total. The van der Waals surface area contributed by atoms with E-state index in [1.54, 1.807) is 0 Å². The minimum Gasteiger partial charge on any atom is -0.392 e. The molecular weight excluding hydrogens is 160 g/mol. The van der Waals surface area contributed by atoms with Gasteiger partial charge < -0.3 is 5.11 Å². The zero-order valence-electron chi connectivity index (χ0n) is 9.18. The van der Waals surface area contributed by atoms with Crippen molar-refractivity contribution in [2.24, 2.45) is 0 Å². The van der Waals surface area contributed by atoms with Crippen LogP contribution in [0.3, 0.4) is 0 Å². The Morgan fingerprint density at radius 2 is 1.77 bits per heavy atom. The molecule has 0 aromatic heterocycles. The van der Waals surface area contributed by atoms with E-state index in [0.717, 1.165) is 6.42 Å². The molecule has 0 aliphatic rings. The Morgan fingerprint density at radius 1 is 1.08 bits per heavy atom. The molecule has 0 aromatic carbocycles. The van der Waals surface area contributed by atoms with E-state index >= 15 is 0 Å². The van der Waals surface area contributed by atoms with Gasteiger partial charge in [-0.1, -0.05) is 51.2 Å². The van der Waals surface area contributed by atoms with Gasteiger partial charge in [-0.25, -0.2) is 0 Å². The van der Waals surface area contributed by atoms with Crippen LogP contribution in [0.5, 0.6) is 0 Å². The lowest BCUT2D eigenvalue weighted by Crippen LogP contribution is -1.86. The average molecular weight is 184 g/mol. The molecule has 13 heavy (non-hydrogen) atoms. The highest BCUT2D eigenvalue weighted by atomic mass is 16.2. The molecule has 0 radical (unpaired) electrons. The zero-order chi connectivity index (χ0) is 9.94. The van der Waals surface area contributed by atoms with Gasteiger partial charge in [0.25, 0.3) is 0 Å². The van der Waals surface area contributed by atoms with Crippen molar-refractivity contribution in [3.63, 3.8) is 0 Å². The number of hydrogen-bond acceptors (Lipinski definition) is 1. The van der Waals surface area contributed by atoms with Gasteiger partial charge in [0.05, 0.1) is 6.61 Å². The number of rotatable bonds is 8. The van der Waals surface area contributed by atoms with Crippen molar-refractivity contribution in [1.82, 2.24) is 0 Å². The molecule has 0 aliphatic carbocycles. The van der Waals surface area contributed by atoms with E-state index in [9.17, 15) is 0 Å². The van der Waals surface area contributed by atoms with Crippen LogP contribution in [0.4, 0.5) is 0 Å². The van der Waals surface area contributed by atoms with E-state index in [4.69, 9.17) is 5.11 Å². The third kappa shape index (κ3) is 8.04. The molecular formula is C12H24O. The van der Waals surface area contributed by atoms with Crippen LogP contribution >= 0.6 is 0 Å². The van der Waals surface area contributed by atoms with Crippen LogP contribution in [0, 0.1) is 0 Å². The van der Waals surface area contributed by atoms with Crippen LogP contribution in [0.15, 0.2) is 11.6 Å². The van der Waals surface area contributed by atoms with E-state index in [1.165, 1.54) is 44.1 Å². The van der Waals surface area contributed by atoms with E-state index in [0.29, 0.717) is 0 Å². The quantitative estimate of drug-likeness (QED) is 0.451. The van der Waals surface area contributed by atoms with E-state index in [-0.39, 0.29) is 6.61 Å². The van der Waals surface area contributed by atoms with Gasteiger partial charge in [-0.05, 0) is 19.3 Å². The highest BCUT2D eigenvalue weighted by molar-refractivity contribution is 5.00. The molecule has 0 unspecified atom stereocenters. The first-order chi connectivity index (χ1) is 6.35. The molecule has 0 rings (SSSR count). The van der Waals surface area contributed by atoms with E-state index in [2.05, 4.69) is 13.8 Å². The number of aliphatic hydroxyl groups is 1. The number of unbranched alkanes of at least 4 members (excludes halogenated alkanes) is 4. The summed E-state index contributed by atoms with van der Waals surface area (Å²) in [7, 11) is 0. The lowest BCUT2D eigenvalue weighted by molar-refractivity contribution is 0.341. The van der Waals surface area contributed by atoms with Crippen LogP contribution in [-0.4, -0.2) is 11.7 Å². The maximum absolute atomic E-state index is 8.73. The Hall–Kier alpha value is -0.300. The molecule has 0 amide bonds.